The van der Waals surface area contributed by atoms with Gasteiger partial charge in [-0.1, -0.05) is 0 Å². The summed E-state index contributed by atoms with van der Waals surface area (Å²) >= 11 is 7.55. The van der Waals surface area contributed by atoms with Gasteiger partial charge in [-0.3, -0.25) is 0 Å². The first-order valence-corrected chi connectivity index (χ1v) is 5.28. The molecule has 0 fully saturated rings. The van der Waals surface area contributed by atoms with Crippen molar-refractivity contribution in [1.29, 1.82) is 0 Å². The molecule has 1 heterocycles. The van der Waals surface area contributed by atoms with E-state index < -0.39 is 6.43 Å². The van der Waals surface area contributed by atoms with Gasteiger partial charge in [-0.2, -0.15) is 0 Å². The predicted octanol–water partition coefficient (Wildman–Crippen LogP) is 3.37. The van der Waals surface area contributed by atoms with Crippen LogP contribution in [-0.4, -0.2) is 12.1 Å². The molecule has 14 heavy (non-hydrogen) atoms. The van der Waals surface area contributed by atoms with Crippen molar-refractivity contribution in [3.8, 4) is 5.75 Å². The van der Waals surface area contributed by atoms with Gasteiger partial charge in [0.15, 0.2) is 0 Å². The molecule has 6 heteroatoms. The zero-order valence-corrected chi connectivity index (χ0v) is 10.1. The first kappa shape index (κ1) is 11.9. The maximum Gasteiger partial charge on any atom is 0.268 e. The van der Waals surface area contributed by atoms with Crippen molar-refractivity contribution < 1.29 is 13.5 Å². The molecule has 1 aromatic rings. The minimum absolute atomic E-state index is 0.106. The van der Waals surface area contributed by atoms with Crippen LogP contribution in [0.3, 0.4) is 0 Å². The molecule has 0 saturated carbocycles. The second-order valence-corrected chi connectivity index (χ2v) is 3.74. The van der Waals surface area contributed by atoms with Crippen molar-refractivity contribution >= 4 is 34.2 Å². The van der Waals surface area contributed by atoms with E-state index in [0.29, 0.717) is 9.26 Å². The van der Waals surface area contributed by atoms with Gasteiger partial charge in [0.05, 0.1) is 18.6 Å². The highest BCUT2D eigenvalue weighted by Crippen LogP contribution is 2.34. The fraction of sp³-hybridized carbons (Fsp3) is 0.375. The molecule has 0 atom stereocenters. The molecule has 0 spiro atoms. The van der Waals surface area contributed by atoms with Crippen molar-refractivity contribution in [3.05, 3.63) is 21.0 Å². The Balaban J connectivity index is 3.33. The number of hydrogen-bond acceptors (Lipinski definition) is 2. The first-order valence-electron chi connectivity index (χ1n) is 3.67. The van der Waals surface area contributed by atoms with Crippen molar-refractivity contribution in [2.24, 2.45) is 0 Å². The summed E-state index contributed by atoms with van der Waals surface area (Å²) in [6.07, 6.45) is -1.49. The average Bonchev–Trinajstić information content (AvgIpc) is 2.16. The van der Waals surface area contributed by atoms with Crippen LogP contribution in [0.2, 0.25) is 0 Å². The van der Waals surface area contributed by atoms with Crippen LogP contribution in [0.15, 0.2) is 6.20 Å². The van der Waals surface area contributed by atoms with Crippen LogP contribution in [-0.2, 0) is 5.88 Å². The number of pyridine rings is 1. The van der Waals surface area contributed by atoms with Crippen molar-refractivity contribution in [2.75, 3.05) is 7.11 Å². The maximum atomic E-state index is 12.5. The second-order valence-electron chi connectivity index (χ2n) is 2.45. The van der Waals surface area contributed by atoms with Crippen LogP contribution in [0.5, 0.6) is 5.75 Å². The molecule has 1 rings (SSSR count). The summed E-state index contributed by atoms with van der Waals surface area (Å²) in [4.78, 5) is 3.82. The smallest absolute Gasteiger partial charge is 0.268 e. The van der Waals surface area contributed by atoms with E-state index >= 15 is 0 Å². The number of halogens is 4. The Morgan fingerprint density at radius 2 is 2.29 bits per heavy atom. The van der Waals surface area contributed by atoms with Crippen LogP contribution in [0.4, 0.5) is 8.78 Å². The zero-order valence-electron chi connectivity index (χ0n) is 7.23. The third kappa shape index (κ3) is 2.25. The van der Waals surface area contributed by atoms with Crippen molar-refractivity contribution in [3.63, 3.8) is 0 Å². The summed E-state index contributed by atoms with van der Waals surface area (Å²) in [6.45, 7) is 0. The van der Waals surface area contributed by atoms with Gasteiger partial charge in [0.25, 0.3) is 6.43 Å². The van der Waals surface area contributed by atoms with Gasteiger partial charge in [-0.25, -0.2) is 13.8 Å². The van der Waals surface area contributed by atoms with E-state index in [-0.39, 0.29) is 17.2 Å². The van der Waals surface area contributed by atoms with E-state index in [1.54, 1.807) is 0 Å². The lowest BCUT2D eigenvalue weighted by Crippen LogP contribution is -2.01. The lowest BCUT2D eigenvalue weighted by molar-refractivity contribution is 0.146. The summed E-state index contributed by atoms with van der Waals surface area (Å²) in [5, 5.41) is 0. The van der Waals surface area contributed by atoms with Gasteiger partial charge < -0.3 is 4.74 Å². The minimum Gasteiger partial charge on any atom is -0.496 e. The number of hydrogen-bond donors (Lipinski definition) is 0. The Morgan fingerprint density at radius 3 is 2.71 bits per heavy atom. The van der Waals surface area contributed by atoms with E-state index in [9.17, 15) is 8.78 Å². The van der Waals surface area contributed by atoms with Crippen molar-refractivity contribution in [1.82, 2.24) is 4.98 Å². The van der Waals surface area contributed by atoms with Crippen LogP contribution in [0.25, 0.3) is 0 Å². The Hall–Kier alpha value is -0.170. The fourth-order valence-electron chi connectivity index (χ4n) is 1.04. The third-order valence-corrected chi connectivity index (χ3v) is 2.87. The number of nitrogens with zero attached hydrogens (tertiary/aromatic N) is 1. The molecule has 1 aromatic heterocycles. The van der Waals surface area contributed by atoms with Gasteiger partial charge in [0.2, 0.25) is 0 Å². The summed E-state index contributed by atoms with van der Waals surface area (Å²) < 4.78 is 30.5. The highest BCUT2D eigenvalue weighted by Gasteiger charge is 2.19. The fourth-order valence-corrected chi connectivity index (χ4v) is 2.09. The lowest BCUT2D eigenvalue weighted by Gasteiger charge is -2.12. The van der Waals surface area contributed by atoms with E-state index in [4.69, 9.17) is 16.3 Å². The van der Waals surface area contributed by atoms with Crippen LogP contribution in [0, 0.1) is 3.70 Å². The molecule has 0 amide bonds. The molecular weight excluding hydrogens is 326 g/mol. The SMILES string of the molecule is COc1c(C(F)F)cnc(I)c1CCl. The largest absolute Gasteiger partial charge is 0.496 e. The number of ether oxygens (including phenoxy) is 1. The van der Waals surface area contributed by atoms with Crippen LogP contribution >= 0.6 is 34.2 Å². The normalized spacial score (nSPS) is 10.7. The topological polar surface area (TPSA) is 22.1 Å². The Bertz CT molecular complexity index is 335. The predicted molar refractivity (Wildman–Crippen MR) is 58.0 cm³/mol. The van der Waals surface area contributed by atoms with Gasteiger partial charge in [0.1, 0.15) is 9.45 Å². The number of rotatable bonds is 3. The van der Waals surface area contributed by atoms with Crippen LogP contribution < -0.4 is 4.74 Å². The molecule has 0 N–H and O–H groups in total. The highest BCUT2D eigenvalue weighted by molar-refractivity contribution is 14.1. The number of aromatic nitrogens is 1. The summed E-state index contributed by atoms with van der Waals surface area (Å²) in [7, 11) is 1.34. The average molecular weight is 334 g/mol. The monoisotopic (exact) mass is 333 g/mol. The third-order valence-electron chi connectivity index (χ3n) is 1.68. The lowest BCUT2D eigenvalue weighted by atomic mass is 10.2. The molecule has 0 aliphatic rings. The highest BCUT2D eigenvalue weighted by atomic mass is 127. The molecule has 0 aliphatic carbocycles. The van der Waals surface area contributed by atoms with E-state index in [1.165, 1.54) is 7.11 Å². The number of methoxy groups -OCH3 is 1. The molecule has 0 unspecified atom stereocenters. The molecule has 0 bridgehead atoms. The van der Waals surface area contributed by atoms with Gasteiger partial charge in [0, 0.05) is 11.8 Å². The van der Waals surface area contributed by atoms with Gasteiger partial charge >= 0.3 is 0 Å². The summed E-state index contributed by atoms with van der Waals surface area (Å²) in [6, 6.07) is 0. The number of alkyl halides is 3. The van der Waals surface area contributed by atoms with Crippen LogP contribution in [0.1, 0.15) is 17.6 Å². The molecule has 0 saturated heterocycles. The van der Waals surface area contributed by atoms with E-state index in [0.717, 1.165) is 6.20 Å². The Morgan fingerprint density at radius 1 is 1.64 bits per heavy atom. The summed E-state index contributed by atoms with van der Waals surface area (Å²) in [5.74, 6) is 0.240. The molecular formula is C8H7ClF2INO. The molecule has 0 aliphatic heterocycles. The molecule has 0 aromatic carbocycles. The Kier molecular flexibility index (Phi) is 4.31. The zero-order chi connectivity index (χ0) is 10.7. The van der Waals surface area contributed by atoms with Crippen molar-refractivity contribution in [2.45, 2.75) is 12.3 Å². The standard InChI is InChI=1S/C8H7ClF2INO/c1-14-6-4(2-9)8(12)13-3-5(6)7(10)11/h3,7H,2H2,1H3. The van der Waals surface area contributed by atoms with Gasteiger partial charge in [-0.05, 0) is 22.6 Å². The molecule has 2 nitrogen and oxygen atoms in total. The molecule has 78 valence electrons. The van der Waals surface area contributed by atoms with E-state index in [2.05, 4.69) is 4.98 Å². The van der Waals surface area contributed by atoms with Gasteiger partial charge in [-0.15, -0.1) is 11.6 Å². The first-order chi connectivity index (χ1) is 6.61. The maximum absolute atomic E-state index is 12.5. The Labute approximate surface area is 98.8 Å². The minimum atomic E-state index is -2.60. The second kappa shape index (κ2) is 5.06. The van der Waals surface area contributed by atoms with E-state index in [1.807, 2.05) is 22.6 Å². The molecule has 0 radical (unpaired) electrons. The summed E-state index contributed by atoms with van der Waals surface area (Å²) in [5.41, 5.74) is 0.288. The quantitative estimate of drug-likeness (QED) is 0.481.